The molecule has 2 N–H and O–H groups in total. The zero-order valence-corrected chi connectivity index (χ0v) is 11.9. The van der Waals surface area contributed by atoms with Crippen molar-refractivity contribution < 1.29 is 14.3 Å². The Morgan fingerprint density at radius 3 is 2.85 bits per heavy atom. The van der Waals surface area contributed by atoms with Crippen molar-refractivity contribution in [1.82, 2.24) is 0 Å². The van der Waals surface area contributed by atoms with Crippen molar-refractivity contribution >= 4 is 11.7 Å². The molecule has 3 nitrogen and oxygen atoms in total. The molecular formula is C16H22FNO2. The van der Waals surface area contributed by atoms with Crippen LogP contribution in [-0.2, 0) is 0 Å². The van der Waals surface area contributed by atoms with Gasteiger partial charge in [0.15, 0.2) is 0 Å². The second-order valence-electron chi connectivity index (χ2n) is 5.62. The van der Waals surface area contributed by atoms with E-state index in [0.29, 0.717) is 5.69 Å². The van der Waals surface area contributed by atoms with Gasteiger partial charge >= 0.3 is 5.97 Å². The highest BCUT2D eigenvalue weighted by atomic mass is 19.1. The third-order valence-electron chi connectivity index (χ3n) is 4.24. The molecule has 0 amide bonds. The van der Waals surface area contributed by atoms with E-state index in [-0.39, 0.29) is 17.4 Å². The van der Waals surface area contributed by atoms with Gasteiger partial charge in [-0.1, -0.05) is 26.2 Å². The van der Waals surface area contributed by atoms with Gasteiger partial charge in [-0.05, 0) is 43.4 Å². The number of carboxylic acid groups (broad SMARTS) is 1. The molecular weight excluding hydrogens is 257 g/mol. The fraction of sp³-hybridized carbons (Fsp3) is 0.562. The van der Waals surface area contributed by atoms with E-state index in [1.165, 1.54) is 31.0 Å². The summed E-state index contributed by atoms with van der Waals surface area (Å²) in [4.78, 5) is 10.9. The number of hydrogen-bond acceptors (Lipinski definition) is 2. The Balaban J connectivity index is 2.05. The molecule has 2 unspecified atom stereocenters. The van der Waals surface area contributed by atoms with E-state index in [2.05, 4.69) is 12.2 Å². The summed E-state index contributed by atoms with van der Waals surface area (Å²) >= 11 is 0. The van der Waals surface area contributed by atoms with Crippen LogP contribution in [0.3, 0.4) is 0 Å². The smallest absolute Gasteiger partial charge is 0.335 e. The highest BCUT2D eigenvalue weighted by Crippen LogP contribution is 2.28. The third-order valence-corrected chi connectivity index (χ3v) is 4.24. The Labute approximate surface area is 119 Å². The second-order valence-corrected chi connectivity index (χ2v) is 5.62. The lowest BCUT2D eigenvalue weighted by atomic mass is 9.98. The van der Waals surface area contributed by atoms with Crippen LogP contribution in [0.4, 0.5) is 10.1 Å². The first-order valence-electron chi connectivity index (χ1n) is 7.39. The number of anilines is 1. The van der Waals surface area contributed by atoms with Crippen LogP contribution in [0.25, 0.3) is 0 Å². The monoisotopic (exact) mass is 279 g/mol. The van der Waals surface area contributed by atoms with Gasteiger partial charge in [-0.25, -0.2) is 9.18 Å². The summed E-state index contributed by atoms with van der Waals surface area (Å²) in [7, 11) is 0. The third kappa shape index (κ3) is 3.71. The van der Waals surface area contributed by atoms with E-state index >= 15 is 0 Å². The van der Waals surface area contributed by atoms with Gasteiger partial charge in [0.25, 0.3) is 0 Å². The van der Waals surface area contributed by atoms with E-state index in [1.807, 2.05) is 0 Å². The van der Waals surface area contributed by atoms with Crippen molar-refractivity contribution in [3.8, 4) is 0 Å². The number of carboxylic acids is 1. The Kier molecular flexibility index (Phi) is 4.99. The van der Waals surface area contributed by atoms with Crippen LogP contribution >= 0.6 is 0 Å². The minimum atomic E-state index is -1.03. The molecule has 1 aromatic rings. The fourth-order valence-corrected chi connectivity index (χ4v) is 2.92. The summed E-state index contributed by atoms with van der Waals surface area (Å²) in [5, 5.41) is 12.2. The highest BCUT2D eigenvalue weighted by Gasteiger charge is 2.19. The standard InChI is InChI=1S/C16H22FNO2/c1-2-11-4-3-5-13(8-6-11)18-15-10-12(16(19)20)7-9-14(15)17/h7,9-11,13,18H,2-6,8H2,1H3,(H,19,20). The van der Waals surface area contributed by atoms with Crippen molar-refractivity contribution in [1.29, 1.82) is 0 Å². The predicted octanol–water partition coefficient (Wildman–Crippen LogP) is 4.29. The van der Waals surface area contributed by atoms with Crippen LogP contribution in [0.5, 0.6) is 0 Å². The van der Waals surface area contributed by atoms with Gasteiger partial charge in [-0.2, -0.15) is 0 Å². The summed E-state index contributed by atoms with van der Waals surface area (Å²) in [6, 6.07) is 4.14. The molecule has 4 heteroatoms. The molecule has 1 saturated carbocycles. The quantitative estimate of drug-likeness (QED) is 0.808. The largest absolute Gasteiger partial charge is 0.478 e. The molecule has 1 fully saturated rings. The van der Waals surface area contributed by atoms with Gasteiger partial charge in [0.2, 0.25) is 0 Å². The molecule has 0 bridgehead atoms. The molecule has 1 aliphatic carbocycles. The first-order valence-corrected chi connectivity index (χ1v) is 7.39. The summed E-state index contributed by atoms with van der Waals surface area (Å²) in [6.07, 6.45) is 6.80. The zero-order valence-electron chi connectivity index (χ0n) is 11.9. The number of benzene rings is 1. The highest BCUT2D eigenvalue weighted by molar-refractivity contribution is 5.88. The molecule has 0 radical (unpaired) electrons. The molecule has 0 aliphatic heterocycles. The number of hydrogen-bond donors (Lipinski definition) is 2. The number of halogens is 1. The van der Waals surface area contributed by atoms with Gasteiger partial charge in [-0.15, -0.1) is 0 Å². The fourth-order valence-electron chi connectivity index (χ4n) is 2.92. The van der Waals surface area contributed by atoms with E-state index in [9.17, 15) is 9.18 Å². The van der Waals surface area contributed by atoms with Crippen molar-refractivity contribution in [2.75, 3.05) is 5.32 Å². The minimum absolute atomic E-state index is 0.119. The van der Waals surface area contributed by atoms with Crippen LogP contribution in [0.1, 0.15) is 55.8 Å². The van der Waals surface area contributed by atoms with E-state index in [0.717, 1.165) is 31.6 Å². The molecule has 110 valence electrons. The molecule has 20 heavy (non-hydrogen) atoms. The minimum Gasteiger partial charge on any atom is -0.478 e. The number of rotatable bonds is 4. The average molecular weight is 279 g/mol. The average Bonchev–Trinajstić information content (AvgIpc) is 2.66. The summed E-state index contributed by atoms with van der Waals surface area (Å²) < 4.78 is 13.8. The lowest BCUT2D eigenvalue weighted by Crippen LogP contribution is -2.19. The van der Waals surface area contributed by atoms with Crippen molar-refractivity contribution in [2.45, 2.75) is 51.5 Å². The molecule has 2 atom stereocenters. The molecule has 1 aliphatic rings. The van der Waals surface area contributed by atoms with E-state index < -0.39 is 5.97 Å². The van der Waals surface area contributed by atoms with Crippen molar-refractivity contribution in [2.24, 2.45) is 5.92 Å². The second kappa shape index (κ2) is 6.73. The molecule has 0 aromatic heterocycles. The van der Waals surface area contributed by atoms with Crippen LogP contribution in [0, 0.1) is 11.7 Å². The van der Waals surface area contributed by atoms with Crippen molar-refractivity contribution in [3.63, 3.8) is 0 Å². The summed E-state index contributed by atoms with van der Waals surface area (Å²) in [5.41, 5.74) is 0.429. The Morgan fingerprint density at radius 1 is 1.35 bits per heavy atom. The number of aromatic carboxylic acids is 1. The molecule has 2 rings (SSSR count). The molecule has 1 aromatic carbocycles. The van der Waals surface area contributed by atoms with Gasteiger partial charge in [0, 0.05) is 6.04 Å². The number of carbonyl (C=O) groups is 1. The normalized spacial score (nSPS) is 23.1. The summed E-state index contributed by atoms with van der Waals surface area (Å²) in [6.45, 7) is 2.22. The van der Waals surface area contributed by atoms with Gasteiger partial charge in [-0.3, -0.25) is 0 Å². The zero-order chi connectivity index (χ0) is 14.5. The summed E-state index contributed by atoms with van der Waals surface area (Å²) in [5.74, 6) is -0.636. The molecule has 0 heterocycles. The first kappa shape index (κ1) is 14.8. The SMILES string of the molecule is CCC1CCCC(Nc2cc(C(=O)O)ccc2F)CC1. The van der Waals surface area contributed by atoms with E-state index in [4.69, 9.17) is 5.11 Å². The Bertz CT molecular complexity index is 476. The first-order chi connectivity index (χ1) is 9.60. The molecule has 0 saturated heterocycles. The van der Waals surface area contributed by atoms with Crippen LogP contribution < -0.4 is 5.32 Å². The Hall–Kier alpha value is -1.58. The lowest BCUT2D eigenvalue weighted by molar-refractivity contribution is 0.0697. The number of nitrogens with one attached hydrogen (secondary N) is 1. The van der Waals surface area contributed by atoms with E-state index in [1.54, 1.807) is 0 Å². The van der Waals surface area contributed by atoms with Crippen LogP contribution in [0.15, 0.2) is 18.2 Å². The van der Waals surface area contributed by atoms with Crippen molar-refractivity contribution in [3.05, 3.63) is 29.6 Å². The predicted molar refractivity (Wildman–Crippen MR) is 77.6 cm³/mol. The van der Waals surface area contributed by atoms with Gasteiger partial charge in [0.1, 0.15) is 5.82 Å². The van der Waals surface area contributed by atoms with Gasteiger partial charge < -0.3 is 10.4 Å². The Morgan fingerprint density at radius 2 is 2.15 bits per heavy atom. The topological polar surface area (TPSA) is 49.3 Å². The van der Waals surface area contributed by atoms with Crippen LogP contribution in [0.2, 0.25) is 0 Å². The molecule has 0 spiro atoms. The van der Waals surface area contributed by atoms with Crippen LogP contribution in [-0.4, -0.2) is 17.1 Å². The lowest BCUT2D eigenvalue weighted by Gasteiger charge is -2.18. The maximum absolute atomic E-state index is 13.8. The maximum atomic E-state index is 13.8. The van der Waals surface area contributed by atoms with Gasteiger partial charge in [0.05, 0.1) is 11.3 Å². The maximum Gasteiger partial charge on any atom is 0.335 e.